The molecule has 0 atom stereocenters. The van der Waals surface area contributed by atoms with E-state index in [-0.39, 0.29) is 17.3 Å². The van der Waals surface area contributed by atoms with E-state index in [1.807, 2.05) is 0 Å². The summed E-state index contributed by atoms with van der Waals surface area (Å²) in [6.07, 6.45) is 0.525. The average Bonchev–Trinajstić information content (AvgIpc) is 2.57. The lowest BCUT2D eigenvalue weighted by Gasteiger charge is -2.32. The molecule has 2 heterocycles. The van der Waals surface area contributed by atoms with E-state index < -0.39 is 11.3 Å². The van der Waals surface area contributed by atoms with Gasteiger partial charge in [0.15, 0.2) is 5.75 Å². The van der Waals surface area contributed by atoms with Crippen molar-refractivity contribution in [2.45, 2.75) is 13.0 Å². The van der Waals surface area contributed by atoms with Crippen molar-refractivity contribution >= 4 is 11.7 Å². The summed E-state index contributed by atoms with van der Waals surface area (Å²) in [5, 5.41) is 10.3. The van der Waals surface area contributed by atoms with Crippen LogP contribution in [0, 0.1) is 5.82 Å². The third kappa shape index (κ3) is 2.86. The molecule has 1 amide bonds. The third-order valence-corrected chi connectivity index (χ3v) is 4.48. The van der Waals surface area contributed by atoms with E-state index in [0.29, 0.717) is 30.9 Å². The van der Waals surface area contributed by atoms with Gasteiger partial charge in [0.25, 0.3) is 11.5 Å². The summed E-state index contributed by atoms with van der Waals surface area (Å²) in [4.78, 5) is 28.5. The molecule has 0 spiro atoms. The largest absolute Gasteiger partial charge is 0.502 e. The Balaban J connectivity index is 2.03. The Morgan fingerprint density at radius 1 is 1.20 bits per heavy atom. The number of rotatable bonds is 3. The number of carbonyl (C=O) groups excluding carboxylic acids is 1. The monoisotopic (exact) mass is 345 g/mol. The molecule has 0 unspecified atom stereocenters. The van der Waals surface area contributed by atoms with Crippen LogP contribution in [-0.4, -0.2) is 41.1 Å². The number of hydrogen-bond acceptors (Lipinski definition) is 4. The van der Waals surface area contributed by atoms with Gasteiger partial charge in [0.05, 0.1) is 5.56 Å². The first-order valence-corrected chi connectivity index (χ1v) is 7.97. The molecule has 1 aliphatic rings. The summed E-state index contributed by atoms with van der Waals surface area (Å²) in [7, 11) is 5.16. The highest BCUT2D eigenvalue weighted by Gasteiger charge is 2.32. The topological polar surface area (TPSA) is 65.8 Å². The minimum Gasteiger partial charge on any atom is -0.502 e. The molecular formula is C18H20FN3O3. The number of carbonyl (C=O) groups is 1. The van der Waals surface area contributed by atoms with Gasteiger partial charge in [-0.05, 0) is 24.1 Å². The Hall–Kier alpha value is -2.83. The van der Waals surface area contributed by atoms with Crippen molar-refractivity contribution in [1.29, 1.82) is 0 Å². The number of amides is 1. The smallest absolute Gasteiger partial charge is 0.294 e. The number of pyridine rings is 1. The van der Waals surface area contributed by atoms with Crippen LogP contribution in [0.15, 0.2) is 29.1 Å². The zero-order valence-corrected chi connectivity index (χ0v) is 14.4. The molecule has 3 rings (SSSR count). The highest BCUT2D eigenvalue weighted by Crippen LogP contribution is 2.31. The summed E-state index contributed by atoms with van der Waals surface area (Å²) in [6, 6.07) is 5.92. The Kier molecular flexibility index (Phi) is 4.24. The number of benzene rings is 1. The standard InChI is InChI=1S/C18H20FN3O3/c1-20(2)16-13-8-9-22(10-11-4-6-12(19)7-5-11)17(24)14(13)15(23)18(25)21(16)3/h4-7,23H,8-10H2,1-3H3. The molecule has 0 fully saturated rings. The maximum atomic E-state index is 13.0. The molecule has 1 aromatic carbocycles. The number of aromatic nitrogens is 1. The molecule has 0 bridgehead atoms. The highest BCUT2D eigenvalue weighted by atomic mass is 19.1. The molecule has 2 aromatic rings. The maximum Gasteiger partial charge on any atom is 0.294 e. The van der Waals surface area contributed by atoms with E-state index in [1.165, 1.54) is 16.7 Å². The Bertz CT molecular complexity index is 888. The van der Waals surface area contributed by atoms with Gasteiger partial charge in [0.1, 0.15) is 11.6 Å². The van der Waals surface area contributed by atoms with Crippen molar-refractivity contribution in [2.75, 3.05) is 25.5 Å². The molecule has 7 heteroatoms. The molecule has 25 heavy (non-hydrogen) atoms. The van der Waals surface area contributed by atoms with Crippen LogP contribution >= 0.6 is 0 Å². The first-order valence-electron chi connectivity index (χ1n) is 7.97. The van der Waals surface area contributed by atoms with E-state index in [1.54, 1.807) is 43.1 Å². The van der Waals surface area contributed by atoms with Crippen LogP contribution in [0.3, 0.4) is 0 Å². The normalized spacial score (nSPS) is 13.8. The van der Waals surface area contributed by atoms with Crippen LogP contribution in [0.4, 0.5) is 10.2 Å². The van der Waals surface area contributed by atoms with Crippen molar-refractivity contribution in [2.24, 2.45) is 7.05 Å². The van der Waals surface area contributed by atoms with Crippen LogP contribution < -0.4 is 10.5 Å². The second-order valence-electron chi connectivity index (χ2n) is 6.39. The van der Waals surface area contributed by atoms with Gasteiger partial charge < -0.3 is 14.9 Å². The third-order valence-electron chi connectivity index (χ3n) is 4.48. The Labute approximate surface area is 144 Å². The number of anilines is 1. The fourth-order valence-electron chi connectivity index (χ4n) is 3.32. The van der Waals surface area contributed by atoms with Crippen molar-refractivity contribution in [3.05, 3.63) is 57.1 Å². The first-order chi connectivity index (χ1) is 11.8. The maximum absolute atomic E-state index is 13.0. The minimum absolute atomic E-state index is 0.0696. The zero-order valence-electron chi connectivity index (χ0n) is 14.4. The van der Waals surface area contributed by atoms with Gasteiger partial charge in [0, 0.05) is 39.8 Å². The molecule has 0 saturated heterocycles. The summed E-state index contributed by atoms with van der Waals surface area (Å²) in [5.41, 5.74) is 0.930. The van der Waals surface area contributed by atoms with Gasteiger partial charge in [-0.2, -0.15) is 0 Å². The second kappa shape index (κ2) is 6.23. The summed E-state index contributed by atoms with van der Waals surface area (Å²) in [5.74, 6) is -0.621. The second-order valence-corrected chi connectivity index (χ2v) is 6.39. The molecule has 0 saturated carbocycles. The summed E-state index contributed by atoms with van der Waals surface area (Å²) < 4.78 is 14.4. The predicted octanol–water partition coefficient (Wildman–Crippen LogP) is 1.49. The van der Waals surface area contributed by atoms with Gasteiger partial charge in [0.2, 0.25) is 0 Å². The first kappa shape index (κ1) is 17.0. The quantitative estimate of drug-likeness (QED) is 0.915. The van der Waals surface area contributed by atoms with E-state index >= 15 is 0 Å². The van der Waals surface area contributed by atoms with Crippen molar-refractivity contribution in [1.82, 2.24) is 9.47 Å². The van der Waals surface area contributed by atoms with Gasteiger partial charge >= 0.3 is 0 Å². The minimum atomic E-state index is -0.598. The van der Waals surface area contributed by atoms with Crippen molar-refractivity contribution in [3.63, 3.8) is 0 Å². The van der Waals surface area contributed by atoms with E-state index in [2.05, 4.69) is 0 Å². The fourth-order valence-corrected chi connectivity index (χ4v) is 3.32. The number of hydrogen-bond donors (Lipinski definition) is 1. The lowest BCUT2D eigenvalue weighted by molar-refractivity contribution is 0.0722. The molecular weight excluding hydrogens is 325 g/mol. The van der Waals surface area contributed by atoms with Crippen LogP contribution in [0.1, 0.15) is 21.5 Å². The summed E-state index contributed by atoms with van der Waals surface area (Å²) in [6.45, 7) is 0.756. The predicted molar refractivity (Wildman–Crippen MR) is 92.5 cm³/mol. The van der Waals surface area contributed by atoms with Crippen LogP contribution in [0.2, 0.25) is 0 Å². The summed E-state index contributed by atoms with van der Waals surface area (Å²) >= 11 is 0. The molecule has 1 N–H and O–H groups in total. The number of aromatic hydroxyl groups is 1. The Morgan fingerprint density at radius 2 is 1.84 bits per heavy atom. The van der Waals surface area contributed by atoms with Gasteiger partial charge in [-0.15, -0.1) is 0 Å². The fraction of sp³-hybridized carbons (Fsp3) is 0.333. The number of halogens is 1. The molecule has 0 aliphatic carbocycles. The lowest BCUT2D eigenvalue weighted by atomic mass is 9.97. The van der Waals surface area contributed by atoms with Crippen LogP contribution in [0.5, 0.6) is 5.75 Å². The molecule has 6 nitrogen and oxygen atoms in total. The highest BCUT2D eigenvalue weighted by molar-refractivity contribution is 6.00. The van der Waals surface area contributed by atoms with Crippen molar-refractivity contribution in [3.8, 4) is 5.75 Å². The van der Waals surface area contributed by atoms with Crippen LogP contribution in [-0.2, 0) is 20.0 Å². The lowest BCUT2D eigenvalue weighted by Crippen LogP contribution is -2.40. The van der Waals surface area contributed by atoms with Gasteiger partial charge in [-0.3, -0.25) is 14.2 Å². The molecule has 1 aliphatic heterocycles. The molecule has 0 radical (unpaired) electrons. The van der Waals surface area contributed by atoms with E-state index in [0.717, 1.165) is 5.56 Å². The number of fused-ring (bicyclic) bond motifs is 1. The average molecular weight is 345 g/mol. The number of nitrogens with zero attached hydrogens (tertiary/aromatic N) is 3. The van der Waals surface area contributed by atoms with E-state index in [9.17, 15) is 19.1 Å². The van der Waals surface area contributed by atoms with Crippen LogP contribution in [0.25, 0.3) is 0 Å². The molecule has 132 valence electrons. The zero-order chi connectivity index (χ0) is 18.3. The van der Waals surface area contributed by atoms with Crippen molar-refractivity contribution < 1.29 is 14.3 Å². The van der Waals surface area contributed by atoms with Gasteiger partial charge in [-0.1, -0.05) is 12.1 Å². The Morgan fingerprint density at radius 3 is 2.44 bits per heavy atom. The molecule has 1 aromatic heterocycles. The van der Waals surface area contributed by atoms with Gasteiger partial charge in [-0.25, -0.2) is 4.39 Å². The van der Waals surface area contributed by atoms with E-state index in [4.69, 9.17) is 0 Å². The SMILES string of the molecule is CN(C)c1c2c(c(O)c(=O)n1C)C(=O)N(Cc1ccc(F)cc1)CC2.